The number of nitrogens with one attached hydrogen (secondary N) is 1. The second kappa shape index (κ2) is 12.9. The fourth-order valence-electron chi connectivity index (χ4n) is 5.79. The number of morpholine rings is 1. The summed E-state index contributed by atoms with van der Waals surface area (Å²) in [6, 6.07) is 10.9. The zero-order valence-corrected chi connectivity index (χ0v) is 23.2. The van der Waals surface area contributed by atoms with Gasteiger partial charge in [0.25, 0.3) is 0 Å². The third-order valence-corrected chi connectivity index (χ3v) is 8.13. The van der Waals surface area contributed by atoms with Crippen LogP contribution in [-0.2, 0) is 9.53 Å². The van der Waals surface area contributed by atoms with Crippen molar-refractivity contribution in [3.8, 4) is 5.75 Å². The first kappa shape index (κ1) is 28.9. The molecule has 2 N–H and O–H groups in total. The highest BCUT2D eigenvalue weighted by Crippen LogP contribution is 2.40. The average Bonchev–Trinajstić information content (AvgIpc) is 3.42. The smallest absolute Gasteiger partial charge is 0.387 e. The van der Waals surface area contributed by atoms with Crippen LogP contribution >= 0.6 is 11.6 Å². The maximum Gasteiger partial charge on any atom is 0.387 e. The summed E-state index contributed by atoms with van der Waals surface area (Å²) in [6.45, 7) is 0.371. The summed E-state index contributed by atoms with van der Waals surface area (Å²) < 4.78 is 35.3. The number of carbonyl (C=O) groups excluding carboxylic acids is 1. The fraction of sp³-hybridized carbons (Fsp3) is 0.400. The van der Waals surface area contributed by atoms with Crippen molar-refractivity contribution in [2.24, 2.45) is 5.92 Å². The highest BCUT2D eigenvalue weighted by Gasteiger charge is 2.33. The number of benzene rings is 2. The van der Waals surface area contributed by atoms with E-state index in [0.717, 1.165) is 47.8 Å². The Morgan fingerprint density at radius 2 is 1.83 bits per heavy atom. The molecule has 0 spiro atoms. The van der Waals surface area contributed by atoms with Crippen LogP contribution in [0.25, 0.3) is 17.0 Å². The van der Waals surface area contributed by atoms with Crippen molar-refractivity contribution in [1.29, 1.82) is 0 Å². The molecule has 3 heterocycles. The van der Waals surface area contributed by atoms with Gasteiger partial charge in [0, 0.05) is 60.4 Å². The fourth-order valence-corrected chi connectivity index (χ4v) is 6.01. The zero-order valence-electron chi connectivity index (χ0n) is 22.4. The van der Waals surface area contributed by atoms with E-state index in [4.69, 9.17) is 21.4 Å². The van der Waals surface area contributed by atoms with Gasteiger partial charge < -0.3 is 29.4 Å². The molecule has 8 nitrogen and oxygen atoms in total. The molecule has 1 aliphatic carbocycles. The molecule has 0 atom stereocenters. The van der Waals surface area contributed by atoms with Crippen molar-refractivity contribution in [2.75, 3.05) is 37.7 Å². The lowest BCUT2D eigenvalue weighted by Gasteiger charge is -2.40. The molecule has 1 saturated heterocycles. The summed E-state index contributed by atoms with van der Waals surface area (Å²) in [7, 11) is 0. The van der Waals surface area contributed by atoms with Crippen LogP contribution in [0.5, 0.6) is 5.75 Å². The second-order valence-corrected chi connectivity index (χ2v) is 10.7. The van der Waals surface area contributed by atoms with Crippen LogP contribution in [0, 0.1) is 5.92 Å². The summed E-state index contributed by atoms with van der Waals surface area (Å²) in [5, 5.41) is 9.68. The number of halogens is 3. The Morgan fingerprint density at radius 3 is 2.54 bits per heavy atom. The molecule has 1 amide bonds. The number of H-pyrrole nitrogens is 1. The van der Waals surface area contributed by atoms with Gasteiger partial charge in [0.05, 0.1) is 23.8 Å². The van der Waals surface area contributed by atoms with Gasteiger partial charge in [-0.3, -0.25) is 4.79 Å². The van der Waals surface area contributed by atoms with Crippen LogP contribution in [0.1, 0.15) is 41.6 Å². The number of ether oxygens (including phenoxy) is 2. The molecule has 3 aromatic rings. The van der Waals surface area contributed by atoms with E-state index in [1.165, 1.54) is 6.20 Å². The van der Waals surface area contributed by atoms with Crippen LogP contribution in [-0.4, -0.2) is 72.4 Å². The number of hydrogen-bond acceptors (Lipinski definition) is 5. The molecule has 3 aliphatic rings. The number of alkyl halides is 2. The molecule has 0 unspecified atom stereocenters. The molecule has 0 radical (unpaired) electrons. The van der Waals surface area contributed by atoms with Gasteiger partial charge in [-0.25, -0.2) is 4.79 Å². The maximum absolute atomic E-state index is 12.8. The lowest BCUT2D eigenvalue weighted by molar-refractivity contribution is -0.140. The topological polar surface area (TPSA) is 95.1 Å². The molecule has 2 aromatic carbocycles. The zero-order chi connectivity index (χ0) is 28.9. The van der Waals surface area contributed by atoms with E-state index in [0.29, 0.717) is 38.4 Å². The van der Waals surface area contributed by atoms with Crippen molar-refractivity contribution in [3.63, 3.8) is 0 Å². The Bertz CT molecular complexity index is 1410. The molecule has 1 aromatic heterocycles. The van der Waals surface area contributed by atoms with Crippen molar-refractivity contribution in [2.45, 2.75) is 38.3 Å². The summed E-state index contributed by atoms with van der Waals surface area (Å²) in [5.41, 5.74) is 2.94. The quantitative estimate of drug-likeness (QED) is 0.377. The molecule has 218 valence electrons. The highest BCUT2D eigenvalue weighted by atomic mass is 35.5. The van der Waals surface area contributed by atoms with Crippen LogP contribution in [0.15, 0.2) is 48.7 Å². The predicted molar refractivity (Wildman–Crippen MR) is 153 cm³/mol. The minimum absolute atomic E-state index is 0.00287. The van der Waals surface area contributed by atoms with E-state index in [-0.39, 0.29) is 28.6 Å². The Balaban J connectivity index is 0.000000234. The van der Waals surface area contributed by atoms with Gasteiger partial charge in [0.1, 0.15) is 5.75 Å². The van der Waals surface area contributed by atoms with Crippen LogP contribution in [0.2, 0.25) is 5.02 Å². The normalized spacial score (nSPS) is 20.4. The number of nitrogens with zero attached hydrogens (tertiary/aromatic N) is 2. The Kier molecular flexibility index (Phi) is 9.09. The standard InChI is InChI=1S/C21H25ClF2N2O3.C9H7NO2/c22-17-12-15-2-1-7-26(18(15)13-19(17)29-21(23)24)16-5-3-14(4-6-16)20(27)25-8-10-28-11-9-25;11-9(12)7-5-10-8-4-2-1-3-6(7)8/h1-2,12-14,16,21H,3-11H2;1-5,10H,(H,11,12). The maximum atomic E-state index is 12.8. The van der Waals surface area contributed by atoms with Gasteiger partial charge in [-0.1, -0.05) is 42.0 Å². The summed E-state index contributed by atoms with van der Waals surface area (Å²) >= 11 is 6.10. The molecular weight excluding hydrogens is 556 g/mol. The number of hydrogen-bond donors (Lipinski definition) is 2. The molecule has 2 fully saturated rings. The number of rotatable bonds is 5. The van der Waals surface area contributed by atoms with Crippen LogP contribution in [0.3, 0.4) is 0 Å². The number of aromatic carboxylic acids is 1. The van der Waals surface area contributed by atoms with Crippen molar-refractivity contribution >= 4 is 46.1 Å². The van der Waals surface area contributed by atoms with E-state index in [1.807, 2.05) is 29.2 Å². The predicted octanol–water partition coefficient (Wildman–Crippen LogP) is 6.06. The molecule has 1 saturated carbocycles. The Hall–Kier alpha value is -3.63. The average molecular weight is 588 g/mol. The van der Waals surface area contributed by atoms with Crippen molar-refractivity contribution in [1.82, 2.24) is 9.88 Å². The van der Waals surface area contributed by atoms with Crippen molar-refractivity contribution in [3.05, 3.63) is 64.8 Å². The number of para-hydroxylation sites is 1. The van der Waals surface area contributed by atoms with Crippen molar-refractivity contribution < 1.29 is 33.0 Å². The van der Waals surface area contributed by atoms with E-state index in [1.54, 1.807) is 18.2 Å². The lowest BCUT2D eigenvalue weighted by atomic mass is 9.83. The minimum Gasteiger partial charge on any atom is -0.478 e. The Labute approximate surface area is 241 Å². The van der Waals surface area contributed by atoms with Gasteiger partial charge in [-0.05, 0) is 43.4 Å². The largest absolute Gasteiger partial charge is 0.478 e. The van der Waals surface area contributed by atoms with Gasteiger partial charge in [0.15, 0.2) is 0 Å². The second-order valence-electron chi connectivity index (χ2n) is 10.3. The van der Waals surface area contributed by atoms with Gasteiger partial charge in [0.2, 0.25) is 5.91 Å². The number of amides is 1. The summed E-state index contributed by atoms with van der Waals surface area (Å²) in [4.78, 5) is 30.4. The molecule has 6 rings (SSSR count). The first-order chi connectivity index (χ1) is 19.8. The van der Waals surface area contributed by atoms with E-state index in [9.17, 15) is 18.4 Å². The summed E-state index contributed by atoms with van der Waals surface area (Å²) in [5.74, 6) is -0.596. The molecule has 41 heavy (non-hydrogen) atoms. The lowest BCUT2D eigenvalue weighted by Crippen LogP contribution is -2.46. The number of aromatic amines is 1. The number of aromatic nitrogens is 1. The number of carbonyl (C=O) groups is 2. The molecular formula is C30H32ClF2N3O5. The van der Waals surface area contributed by atoms with Gasteiger partial charge in [-0.2, -0.15) is 8.78 Å². The van der Waals surface area contributed by atoms with E-state index < -0.39 is 12.6 Å². The first-order valence-electron chi connectivity index (χ1n) is 13.7. The summed E-state index contributed by atoms with van der Waals surface area (Å²) in [6.07, 6.45) is 8.97. The molecule has 0 bridgehead atoms. The minimum atomic E-state index is -2.92. The first-order valence-corrected chi connectivity index (χ1v) is 14.1. The number of carboxylic acid groups (broad SMARTS) is 1. The van der Waals surface area contributed by atoms with Crippen LogP contribution < -0.4 is 9.64 Å². The van der Waals surface area contributed by atoms with Gasteiger partial charge in [-0.15, -0.1) is 0 Å². The molecule has 2 aliphatic heterocycles. The van der Waals surface area contributed by atoms with Crippen LogP contribution in [0.4, 0.5) is 14.5 Å². The number of anilines is 1. The number of fused-ring (bicyclic) bond motifs is 2. The number of carboxylic acids is 1. The molecule has 11 heteroatoms. The van der Waals surface area contributed by atoms with Gasteiger partial charge >= 0.3 is 12.6 Å². The third-order valence-electron chi connectivity index (χ3n) is 7.84. The third kappa shape index (κ3) is 6.65. The monoisotopic (exact) mass is 587 g/mol. The highest BCUT2D eigenvalue weighted by molar-refractivity contribution is 6.32. The Morgan fingerprint density at radius 1 is 1.10 bits per heavy atom. The SMILES string of the molecule is O=C(C1CCC(N2CC=Cc3cc(Cl)c(OC(F)F)cc32)CC1)N1CCOCC1.O=C(O)c1c[nH]c2ccccc12. The van der Waals surface area contributed by atoms with E-state index >= 15 is 0 Å². The van der Waals surface area contributed by atoms with E-state index in [2.05, 4.69) is 20.7 Å².